The van der Waals surface area contributed by atoms with Crippen LogP contribution in [0.3, 0.4) is 0 Å². The largest absolute Gasteiger partial charge is 0.493 e. The van der Waals surface area contributed by atoms with Crippen molar-refractivity contribution in [3.05, 3.63) is 59.2 Å². The summed E-state index contributed by atoms with van der Waals surface area (Å²) in [5, 5.41) is 0. The molecular formula is C32H45N3O3. The summed E-state index contributed by atoms with van der Waals surface area (Å²) in [7, 11) is 0. The standard InChI is InChI=1S/C32H45N3O3/c1-2-3-15-35(29-8-6-7-24(18-29)21-33)32(36)23-34-22-27(25-10-13-31-26(19-25)14-17-38-31)20-28(34)11-12-30-9-4-5-16-37-30/h6-8,10,13,18-19,27-28,30H,2-5,9,11-12,14-17,20-23,33H2,1H3/t27-,28+,30?/m1/s1. The maximum absolute atomic E-state index is 13.9. The maximum Gasteiger partial charge on any atom is 0.241 e. The minimum atomic E-state index is 0.189. The number of carbonyl (C=O) groups excluding carboxylic acids is 1. The SMILES string of the molecule is CCCCN(C(=O)CN1C[C@H](c2ccc3c(c2)CCO3)C[C@@H]1CCC1CCCCO1)c1cccc(CN)c1. The summed E-state index contributed by atoms with van der Waals surface area (Å²) in [6.45, 7) is 6.46. The summed E-state index contributed by atoms with van der Waals surface area (Å²) in [6.07, 6.45) is 10.3. The van der Waals surface area contributed by atoms with Gasteiger partial charge in [-0.05, 0) is 85.8 Å². The number of benzene rings is 2. The predicted molar refractivity (Wildman–Crippen MR) is 153 cm³/mol. The zero-order valence-electron chi connectivity index (χ0n) is 23.1. The van der Waals surface area contributed by atoms with Gasteiger partial charge in [0.2, 0.25) is 5.91 Å². The van der Waals surface area contributed by atoms with Crippen LogP contribution in [0.2, 0.25) is 0 Å². The molecule has 1 amide bonds. The first-order valence-electron chi connectivity index (χ1n) is 14.8. The van der Waals surface area contributed by atoms with E-state index in [1.54, 1.807) is 0 Å². The number of fused-ring (bicyclic) bond motifs is 1. The van der Waals surface area contributed by atoms with Crippen LogP contribution in [0.1, 0.15) is 80.9 Å². The second-order valence-electron chi connectivity index (χ2n) is 11.3. The molecule has 2 fully saturated rings. The topological polar surface area (TPSA) is 68.0 Å². The number of anilines is 1. The van der Waals surface area contributed by atoms with Crippen molar-refractivity contribution in [1.29, 1.82) is 0 Å². The molecule has 1 unspecified atom stereocenters. The molecule has 0 saturated carbocycles. The van der Waals surface area contributed by atoms with E-state index in [2.05, 4.69) is 36.1 Å². The second kappa shape index (κ2) is 13.1. The number of likely N-dealkylation sites (tertiary alicyclic amines) is 1. The second-order valence-corrected chi connectivity index (χ2v) is 11.3. The third kappa shape index (κ3) is 6.59. The lowest BCUT2D eigenvalue weighted by atomic mass is 9.92. The van der Waals surface area contributed by atoms with E-state index in [0.717, 1.165) is 81.8 Å². The Kier molecular flexibility index (Phi) is 9.36. The van der Waals surface area contributed by atoms with Crippen molar-refractivity contribution in [1.82, 2.24) is 4.90 Å². The molecular weight excluding hydrogens is 474 g/mol. The van der Waals surface area contributed by atoms with Gasteiger partial charge in [-0.25, -0.2) is 0 Å². The number of unbranched alkanes of at least 4 members (excludes halogenated alkanes) is 1. The molecule has 206 valence electrons. The van der Waals surface area contributed by atoms with Crippen molar-refractivity contribution in [3.63, 3.8) is 0 Å². The number of hydrogen-bond acceptors (Lipinski definition) is 5. The van der Waals surface area contributed by atoms with Crippen LogP contribution in [0, 0.1) is 0 Å². The van der Waals surface area contributed by atoms with E-state index in [0.29, 0.717) is 31.2 Å². The Balaban J connectivity index is 1.32. The van der Waals surface area contributed by atoms with Gasteiger partial charge in [-0.3, -0.25) is 9.69 Å². The first kappa shape index (κ1) is 27.2. The predicted octanol–water partition coefficient (Wildman–Crippen LogP) is 5.42. The van der Waals surface area contributed by atoms with E-state index in [1.807, 2.05) is 23.1 Å². The lowest BCUT2D eigenvalue weighted by Gasteiger charge is -2.30. The number of hydrogen-bond donors (Lipinski definition) is 1. The fourth-order valence-corrected chi connectivity index (χ4v) is 6.42. The number of rotatable bonds is 11. The van der Waals surface area contributed by atoms with E-state index in [1.165, 1.54) is 30.4 Å². The molecule has 0 aliphatic carbocycles. The van der Waals surface area contributed by atoms with E-state index in [9.17, 15) is 4.79 Å². The van der Waals surface area contributed by atoms with Crippen molar-refractivity contribution in [2.45, 2.75) is 89.3 Å². The maximum atomic E-state index is 13.9. The van der Waals surface area contributed by atoms with Crippen LogP contribution in [0.25, 0.3) is 0 Å². The van der Waals surface area contributed by atoms with Gasteiger partial charge in [0, 0.05) is 44.4 Å². The number of ether oxygens (including phenoxy) is 2. The third-order valence-corrected chi connectivity index (χ3v) is 8.64. The highest BCUT2D eigenvalue weighted by atomic mass is 16.5. The van der Waals surface area contributed by atoms with Gasteiger partial charge >= 0.3 is 0 Å². The molecule has 2 N–H and O–H groups in total. The van der Waals surface area contributed by atoms with Gasteiger partial charge in [0.15, 0.2) is 0 Å². The monoisotopic (exact) mass is 519 g/mol. The van der Waals surface area contributed by atoms with Crippen LogP contribution in [0.4, 0.5) is 5.69 Å². The van der Waals surface area contributed by atoms with Crippen molar-refractivity contribution < 1.29 is 14.3 Å². The Morgan fingerprint density at radius 1 is 1.13 bits per heavy atom. The lowest BCUT2D eigenvalue weighted by molar-refractivity contribution is -0.120. The van der Waals surface area contributed by atoms with Crippen molar-refractivity contribution >= 4 is 11.6 Å². The number of carbonyl (C=O) groups is 1. The molecule has 2 saturated heterocycles. The number of nitrogens with zero attached hydrogens (tertiary/aromatic N) is 2. The van der Waals surface area contributed by atoms with Gasteiger partial charge in [-0.2, -0.15) is 0 Å². The smallest absolute Gasteiger partial charge is 0.241 e. The molecule has 6 heteroatoms. The molecule has 3 heterocycles. The molecule has 2 aromatic rings. The highest BCUT2D eigenvalue weighted by molar-refractivity contribution is 5.95. The summed E-state index contributed by atoms with van der Waals surface area (Å²) < 4.78 is 11.8. The molecule has 38 heavy (non-hydrogen) atoms. The Bertz CT molecular complexity index is 1070. The fourth-order valence-electron chi connectivity index (χ4n) is 6.42. The Labute approximate surface area is 228 Å². The third-order valence-electron chi connectivity index (χ3n) is 8.64. The molecule has 0 spiro atoms. The molecule has 0 radical (unpaired) electrons. The Morgan fingerprint density at radius 2 is 2.05 bits per heavy atom. The average Bonchev–Trinajstić information content (AvgIpc) is 3.59. The number of amides is 1. The summed E-state index contributed by atoms with van der Waals surface area (Å²) in [4.78, 5) is 18.3. The van der Waals surface area contributed by atoms with Crippen LogP contribution in [0.5, 0.6) is 5.75 Å². The quantitative estimate of drug-likeness (QED) is 0.429. The molecule has 5 rings (SSSR count). The van der Waals surface area contributed by atoms with Gasteiger partial charge in [0.05, 0.1) is 19.3 Å². The van der Waals surface area contributed by atoms with Crippen LogP contribution in [-0.2, 0) is 22.5 Å². The Hall–Kier alpha value is -2.41. The van der Waals surface area contributed by atoms with Gasteiger partial charge in [0.25, 0.3) is 0 Å². The van der Waals surface area contributed by atoms with Crippen LogP contribution >= 0.6 is 0 Å². The molecule has 0 bridgehead atoms. The van der Waals surface area contributed by atoms with Crippen molar-refractivity contribution in [2.75, 3.05) is 37.7 Å². The zero-order chi connectivity index (χ0) is 26.3. The molecule has 6 nitrogen and oxygen atoms in total. The van der Waals surface area contributed by atoms with Crippen molar-refractivity contribution in [3.8, 4) is 5.75 Å². The molecule has 3 aliphatic rings. The highest BCUT2D eigenvalue weighted by Gasteiger charge is 2.35. The van der Waals surface area contributed by atoms with E-state index in [-0.39, 0.29) is 5.91 Å². The van der Waals surface area contributed by atoms with Gasteiger partial charge in [-0.15, -0.1) is 0 Å². The average molecular weight is 520 g/mol. The van der Waals surface area contributed by atoms with Crippen LogP contribution < -0.4 is 15.4 Å². The molecule has 3 aliphatic heterocycles. The van der Waals surface area contributed by atoms with E-state index < -0.39 is 0 Å². The normalized spacial score (nSPS) is 23.3. The van der Waals surface area contributed by atoms with E-state index >= 15 is 0 Å². The van der Waals surface area contributed by atoms with Gasteiger partial charge < -0.3 is 20.1 Å². The summed E-state index contributed by atoms with van der Waals surface area (Å²) >= 11 is 0. The fraction of sp³-hybridized carbons (Fsp3) is 0.594. The highest BCUT2D eigenvalue weighted by Crippen LogP contribution is 2.37. The first-order chi connectivity index (χ1) is 18.6. The van der Waals surface area contributed by atoms with Gasteiger partial charge in [-0.1, -0.05) is 37.6 Å². The Morgan fingerprint density at radius 3 is 2.87 bits per heavy atom. The lowest BCUT2D eigenvalue weighted by Crippen LogP contribution is -2.43. The summed E-state index contributed by atoms with van der Waals surface area (Å²) in [5.41, 5.74) is 10.7. The molecule has 3 atom stereocenters. The molecule has 2 aromatic carbocycles. The van der Waals surface area contributed by atoms with Crippen molar-refractivity contribution in [2.24, 2.45) is 5.73 Å². The van der Waals surface area contributed by atoms with Crippen LogP contribution in [-0.4, -0.2) is 55.8 Å². The van der Waals surface area contributed by atoms with E-state index in [4.69, 9.17) is 15.2 Å². The van der Waals surface area contributed by atoms with Gasteiger partial charge in [0.1, 0.15) is 5.75 Å². The zero-order valence-corrected chi connectivity index (χ0v) is 23.1. The number of nitrogens with two attached hydrogens (primary N) is 1. The van der Waals surface area contributed by atoms with Crippen LogP contribution in [0.15, 0.2) is 42.5 Å². The minimum Gasteiger partial charge on any atom is -0.493 e. The molecule has 0 aromatic heterocycles. The summed E-state index contributed by atoms with van der Waals surface area (Å²) in [6, 6.07) is 15.3. The summed E-state index contributed by atoms with van der Waals surface area (Å²) in [5.74, 6) is 1.67. The first-order valence-corrected chi connectivity index (χ1v) is 14.8. The minimum absolute atomic E-state index is 0.189.